The van der Waals surface area contributed by atoms with Gasteiger partial charge in [-0.2, -0.15) is 11.8 Å². The van der Waals surface area contributed by atoms with Crippen LogP contribution in [0.4, 0.5) is 0 Å². The van der Waals surface area contributed by atoms with E-state index in [1.165, 1.54) is 18.2 Å². The van der Waals surface area contributed by atoms with Crippen LogP contribution in [-0.4, -0.2) is 34.2 Å². The fraction of sp³-hybridized carbons (Fsp3) is 0.417. The molecule has 0 aromatic heterocycles. The summed E-state index contributed by atoms with van der Waals surface area (Å²) in [5.74, 6) is -0.749. The molecule has 0 bridgehead atoms. The van der Waals surface area contributed by atoms with Gasteiger partial charge in [0.15, 0.2) is 11.5 Å². The summed E-state index contributed by atoms with van der Waals surface area (Å²) in [7, 11) is 0. The highest BCUT2D eigenvalue weighted by molar-refractivity contribution is 7.99. The molecule has 1 aromatic carbocycles. The molecule has 1 atom stereocenters. The molecule has 1 rings (SSSR count). The quantitative estimate of drug-likeness (QED) is 0.704. The topological polar surface area (TPSA) is 69.6 Å². The van der Waals surface area contributed by atoms with Gasteiger partial charge >= 0.3 is 0 Å². The van der Waals surface area contributed by atoms with Crippen LogP contribution in [0.5, 0.6) is 11.5 Å². The molecule has 0 radical (unpaired) electrons. The van der Waals surface area contributed by atoms with E-state index in [0.29, 0.717) is 17.4 Å². The molecule has 0 fully saturated rings. The number of nitrogens with one attached hydrogen (secondary N) is 1. The molecule has 1 aromatic rings. The lowest BCUT2D eigenvalue weighted by Gasteiger charge is -2.09. The fourth-order valence-electron chi connectivity index (χ4n) is 1.27. The summed E-state index contributed by atoms with van der Waals surface area (Å²) in [4.78, 5) is 11.7. The number of benzene rings is 1. The van der Waals surface area contributed by atoms with Gasteiger partial charge in [0.2, 0.25) is 0 Å². The van der Waals surface area contributed by atoms with Crippen LogP contribution < -0.4 is 5.32 Å². The number of amides is 1. The highest BCUT2D eigenvalue weighted by atomic mass is 32.2. The van der Waals surface area contributed by atoms with Crippen LogP contribution in [-0.2, 0) is 0 Å². The first-order chi connectivity index (χ1) is 8.04. The largest absolute Gasteiger partial charge is 0.504 e. The van der Waals surface area contributed by atoms with Gasteiger partial charge in [-0.3, -0.25) is 4.79 Å². The van der Waals surface area contributed by atoms with E-state index in [-0.39, 0.29) is 17.4 Å². The second-order valence-corrected chi connectivity index (χ2v) is 5.07. The summed E-state index contributed by atoms with van der Waals surface area (Å²) >= 11 is 1.75. The molecule has 4 nitrogen and oxygen atoms in total. The van der Waals surface area contributed by atoms with Crippen molar-refractivity contribution in [3.05, 3.63) is 23.8 Å². The third-order valence-corrected chi connectivity index (χ3v) is 3.52. The summed E-state index contributed by atoms with van der Waals surface area (Å²) in [6.07, 6.45) is 2.93. The molecule has 0 saturated carbocycles. The molecule has 1 unspecified atom stereocenters. The predicted molar refractivity (Wildman–Crippen MR) is 69.7 cm³/mol. The summed E-state index contributed by atoms with van der Waals surface area (Å²) in [5, 5.41) is 21.7. The van der Waals surface area contributed by atoms with Crippen LogP contribution in [0.1, 0.15) is 23.7 Å². The standard InChI is InChI=1S/C12H17NO3S/c1-8(17-2)5-6-13-12(16)9-3-4-10(14)11(15)7-9/h3-4,7-8,14-15H,5-6H2,1-2H3,(H,13,16). The van der Waals surface area contributed by atoms with Crippen molar-refractivity contribution in [2.45, 2.75) is 18.6 Å². The van der Waals surface area contributed by atoms with Crippen molar-refractivity contribution in [3.63, 3.8) is 0 Å². The average Bonchev–Trinajstić information content (AvgIpc) is 2.32. The zero-order chi connectivity index (χ0) is 12.8. The number of hydrogen-bond acceptors (Lipinski definition) is 4. The van der Waals surface area contributed by atoms with Gasteiger partial charge in [0.25, 0.3) is 5.91 Å². The Kier molecular flexibility index (Phi) is 5.15. The van der Waals surface area contributed by atoms with Crippen molar-refractivity contribution >= 4 is 17.7 Å². The van der Waals surface area contributed by atoms with Gasteiger partial charge in [-0.05, 0) is 30.9 Å². The van der Waals surface area contributed by atoms with Gasteiger partial charge in [0.05, 0.1) is 0 Å². The van der Waals surface area contributed by atoms with E-state index < -0.39 is 0 Å². The number of carbonyl (C=O) groups excluding carboxylic acids is 1. The highest BCUT2D eigenvalue weighted by Gasteiger charge is 2.08. The van der Waals surface area contributed by atoms with Gasteiger partial charge in [0.1, 0.15) is 0 Å². The van der Waals surface area contributed by atoms with E-state index in [1.807, 2.05) is 6.26 Å². The van der Waals surface area contributed by atoms with Crippen LogP contribution in [0.15, 0.2) is 18.2 Å². The van der Waals surface area contributed by atoms with Gasteiger partial charge in [-0.15, -0.1) is 0 Å². The molecule has 94 valence electrons. The molecule has 0 saturated heterocycles. The van der Waals surface area contributed by atoms with Crippen molar-refractivity contribution in [2.24, 2.45) is 0 Å². The summed E-state index contributed by atoms with van der Waals surface area (Å²) in [6, 6.07) is 4.03. The Bertz CT molecular complexity index is 395. The van der Waals surface area contributed by atoms with Gasteiger partial charge in [0, 0.05) is 17.4 Å². The molecular weight excluding hydrogens is 238 g/mol. The van der Waals surface area contributed by atoms with Crippen molar-refractivity contribution < 1.29 is 15.0 Å². The maximum Gasteiger partial charge on any atom is 0.251 e. The van der Waals surface area contributed by atoms with Crippen molar-refractivity contribution in [1.82, 2.24) is 5.32 Å². The maximum atomic E-state index is 11.7. The molecule has 0 aliphatic rings. The van der Waals surface area contributed by atoms with E-state index in [4.69, 9.17) is 5.11 Å². The SMILES string of the molecule is CSC(C)CCNC(=O)c1ccc(O)c(O)c1. The number of carbonyl (C=O) groups is 1. The van der Waals surface area contributed by atoms with E-state index in [1.54, 1.807) is 11.8 Å². The highest BCUT2D eigenvalue weighted by Crippen LogP contribution is 2.24. The van der Waals surface area contributed by atoms with Crippen molar-refractivity contribution in [2.75, 3.05) is 12.8 Å². The van der Waals surface area contributed by atoms with Crippen LogP contribution in [0.2, 0.25) is 0 Å². The molecular formula is C12H17NO3S. The number of aromatic hydroxyl groups is 2. The maximum absolute atomic E-state index is 11.7. The third-order valence-electron chi connectivity index (χ3n) is 2.48. The first kappa shape index (κ1) is 13.7. The second-order valence-electron chi connectivity index (χ2n) is 3.79. The molecule has 3 N–H and O–H groups in total. The van der Waals surface area contributed by atoms with Crippen molar-refractivity contribution in [3.8, 4) is 11.5 Å². The molecule has 0 spiro atoms. The van der Waals surface area contributed by atoms with E-state index in [0.717, 1.165) is 6.42 Å². The Labute approximate surface area is 105 Å². The Morgan fingerprint density at radius 2 is 2.12 bits per heavy atom. The van der Waals surface area contributed by atoms with Crippen molar-refractivity contribution in [1.29, 1.82) is 0 Å². The molecule has 5 heteroatoms. The molecule has 0 aliphatic heterocycles. The molecule has 17 heavy (non-hydrogen) atoms. The molecule has 0 aliphatic carbocycles. The number of phenols is 2. The van der Waals surface area contributed by atoms with Crippen LogP contribution in [0, 0.1) is 0 Å². The second kappa shape index (κ2) is 6.39. The van der Waals surface area contributed by atoms with Gasteiger partial charge in [-0.1, -0.05) is 6.92 Å². The lowest BCUT2D eigenvalue weighted by atomic mass is 10.2. The zero-order valence-corrected chi connectivity index (χ0v) is 10.8. The smallest absolute Gasteiger partial charge is 0.251 e. The van der Waals surface area contributed by atoms with Gasteiger partial charge in [-0.25, -0.2) is 0 Å². The zero-order valence-electron chi connectivity index (χ0n) is 9.93. The third kappa shape index (κ3) is 4.19. The Hall–Kier alpha value is -1.36. The monoisotopic (exact) mass is 255 g/mol. The minimum absolute atomic E-state index is 0.224. The predicted octanol–water partition coefficient (Wildman–Crippen LogP) is 1.97. The number of hydrogen-bond donors (Lipinski definition) is 3. The van der Waals surface area contributed by atoms with Gasteiger partial charge < -0.3 is 15.5 Å². The summed E-state index contributed by atoms with van der Waals surface area (Å²) in [6.45, 7) is 2.70. The molecule has 1 amide bonds. The lowest BCUT2D eigenvalue weighted by Crippen LogP contribution is -2.25. The fourth-order valence-corrected chi connectivity index (χ4v) is 1.63. The Morgan fingerprint density at radius 3 is 2.71 bits per heavy atom. The molecule has 0 heterocycles. The number of phenolic OH excluding ortho intramolecular Hbond substituents is 2. The normalized spacial score (nSPS) is 12.1. The van der Waals surface area contributed by atoms with Crippen LogP contribution in [0.25, 0.3) is 0 Å². The van der Waals surface area contributed by atoms with E-state index >= 15 is 0 Å². The minimum Gasteiger partial charge on any atom is -0.504 e. The number of rotatable bonds is 5. The Morgan fingerprint density at radius 1 is 1.41 bits per heavy atom. The number of thioether (sulfide) groups is 1. The summed E-state index contributed by atoms with van der Waals surface area (Å²) in [5.41, 5.74) is 0.345. The van der Waals surface area contributed by atoms with E-state index in [9.17, 15) is 9.90 Å². The van der Waals surface area contributed by atoms with E-state index in [2.05, 4.69) is 12.2 Å². The van der Waals surface area contributed by atoms with Crippen LogP contribution in [0.3, 0.4) is 0 Å². The summed E-state index contributed by atoms with van der Waals surface area (Å²) < 4.78 is 0. The first-order valence-electron chi connectivity index (χ1n) is 5.37. The minimum atomic E-state index is -0.282. The first-order valence-corrected chi connectivity index (χ1v) is 6.66. The average molecular weight is 255 g/mol. The Balaban J connectivity index is 2.50. The lowest BCUT2D eigenvalue weighted by molar-refractivity contribution is 0.0953. The van der Waals surface area contributed by atoms with Crippen LogP contribution >= 0.6 is 11.8 Å².